The third-order valence-electron chi connectivity index (χ3n) is 1.73. The number of rotatable bonds is 2. The molecule has 0 aliphatic carbocycles. The van der Waals surface area contributed by atoms with Crippen molar-refractivity contribution in [2.45, 2.75) is 19.9 Å². The van der Waals surface area contributed by atoms with E-state index in [1.54, 1.807) is 12.1 Å². The Kier molecular flexibility index (Phi) is 3.38. The molecule has 0 unspecified atom stereocenters. The van der Waals surface area contributed by atoms with E-state index in [1.165, 1.54) is 6.07 Å². The molecule has 1 rings (SSSR count). The van der Waals surface area contributed by atoms with Gasteiger partial charge >= 0.3 is 6.03 Å². The van der Waals surface area contributed by atoms with Gasteiger partial charge in [-0.2, -0.15) is 0 Å². The van der Waals surface area contributed by atoms with Crippen LogP contribution in [0.4, 0.5) is 16.2 Å². The third-order valence-corrected chi connectivity index (χ3v) is 1.73. The summed E-state index contributed by atoms with van der Waals surface area (Å²) in [4.78, 5) is 11.3. The number of carbonyl (C=O) groups is 1. The Morgan fingerprint density at radius 1 is 1.47 bits per heavy atom. The molecule has 5 N–H and O–H groups in total. The second-order valence-electron chi connectivity index (χ2n) is 3.49. The lowest BCUT2D eigenvalue weighted by Crippen LogP contribution is -2.34. The van der Waals surface area contributed by atoms with E-state index in [-0.39, 0.29) is 17.5 Å². The predicted molar refractivity (Wildman–Crippen MR) is 59.8 cm³/mol. The van der Waals surface area contributed by atoms with Crippen LogP contribution in [0.15, 0.2) is 18.2 Å². The molecular weight excluding hydrogens is 194 g/mol. The molecule has 0 bridgehead atoms. The minimum atomic E-state index is -0.391. The second-order valence-corrected chi connectivity index (χ2v) is 3.49. The van der Waals surface area contributed by atoms with Gasteiger partial charge in [-0.25, -0.2) is 4.79 Å². The maximum absolute atomic E-state index is 11.3. The zero-order valence-electron chi connectivity index (χ0n) is 8.74. The molecule has 82 valence electrons. The van der Waals surface area contributed by atoms with Crippen LogP contribution < -0.4 is 16.4 Å². The first-order valence-corrected chi connectivity index (χ1v) is 4.65. The Labute approximate surface area is 88.3 Å². The number of hydrogen-bond acceptors (Lipinski definition) is 3. The van der Waals surface area contributed by atoms with Crippen molar-refractivity contribution in [1.82, 2.24) is 5.32 Å². The highest BCUT2D eigenvalue weighted by molar-refractivity contribution is 5.94. The first kappa shape index (κ1) is 11.2. The number of nitrogens with two attached hydrogens (primary N) is 1. The molecule has 1 aromatic rings. The monoisotopic (exact) mass is 209 g/mol. The molecule has 2 amide bonds. The predicted octanol–water partition coefficient (Wildman–Crippen LogP) is 1.50. The molecule has 0 saturated carbocycles. The number of amides is 2. The van der Waals surface area contributed by atoms with Gasteiger partial charge < -0.3 is 21.5 Å². The van der Waals surface area contributed by atoms with Crippen molar-refractivity contribution in [2.24, 2.45) is 0 Å². The lowest BCUT2D eigenvalue weighted by molar-refractivity contribution is 0.250. The molecule has 0 spiro atoms. The number of para-hydroxylation sites is 1. The SMILES string of the molecule is CC(C)NC(=O)Nc1c(N)cccc1O. The number of carbonyl (C=O) groups excluding carboxylic acids is 1. The molecule has 0 aromatic heterocycles. The molecule has 0 radical (unpaired) electrons. The fraction of sp³-hybridized carbons (Fsp3) is 0.300. The van der Waals surface area contributed by atoms with Crippen LogP contribution in [0.5, 0.6) is 5.75 Å². The maximum atomic E-state index is 11.3. The number of anilines is 2. The number of hydrogen-bond donors (Lipinski definition) is 4. The Hall–Kier alpha value is -1.91. The second kappa shape index (κ2) is 4.54. The van der Waals surface area contributed by atoms with E-state index < -0.39 is 6.03 Å². The number of benzene rings is 1. The van der Waals surface area contributed by atoms with E-state index in [0.717, 1.165) is 0 Å². The summed E-state index contributed by atoms with van der Waals surface area (Å²) in [6.07, 6.45) is 0. The quantitative estimate of drug-likeness (QED) is 0.439. The van der Waals surface area contributed by atoms with Gasteiger partial charge in [0.1, 0.15) is 11.4 Å². The van der Waals surface area contributed by atoms with Crippen molar-refractivity contribution >= 4 is 17.4 Å². The molecule has 0 saturated heterocycles. The van der Waals surface area contributed by atoms with Gasteiger partial charge in [0.05, 0.1) is 5.69 Å². The molecule has 0 aliphatic heterocycles. The minimum Gasteiger partial charge on any atom is -0.506 e. The van der Waals surface area contributed by atoms with Crippen LogP contribution in [0, 0.1) is 0 Å². The van der Waals surface area contributed by atoms with Gasteiger partial charge in [-0.15, -0.1) is 0 Å². The molecule has 5 nitrogen and oxygen atoms in total. The van der Waals surface area contributed by atoms with Gasteiger partial charge in [-0.3, -0.25) is 0 Å². The molecule has 15 heavy (non-hydrogen) atoms. The summed E-state index contributed by atoms with van der Waals surface area (Å²) in [5.74, 6) is -0.0473. The fourth-order valence-electron chi connectivity index (χ4n) is 1.11. The number of aromatic hydroxyl groups is 1. The standard InChI is InChI=1S/C10H15N3O2/c1-6(2)12-10(15)13-9-7(11)4-3-5-8(9)14/h3-6,14H,11H2,1-2H3,(H2,12,13,15). The van der Waals surface area contributed by atoms with E-state index in [9.17, 15) is 9.90 Å². The molecule has 0 heterocycles. The Bertz CT molecular complexity index is 343. The summed E-state index contributed by atoms with van der Waals surface area (Å²) in [5, 5.41) is 14.6. The normalized spacial score (nSPS) is 10.1. The first-order valence-electron chi connectivity index (χ1n) is 4.65. The highest BCUT2D eigenvalue weighted by Gasteiger charge is 2.09. The van der Waals surface area contributed by atoms with Crippen LogP contribution in [-0.2, 0) is 0 Å². The van der Waals surface area contributed by atoms with E-state index in [2.05, 4.69) is 10.6 Å². The summed E-state index contributed by atoms with van der Waals surface area (Å²) in [6.45, 7) is 3.68. The van der Waals surface area contributed by atoms with Crippen molar-refractivity contribution in [3.8, 4) is 5.75 Å². The smallest absolute Gasteiger partial charge is 0.319 e. The van der Waals surface area contributed by atoms with E-state index in [4.69, 9.17) is 5.73 Å². The summed E-state index contributed by atoms with van der Waals surface area (Å²) in [6, 6.07) is 4.30. The number of nitrogen functional groups attached to an aromatic ring is 1. The number of nitrogens with one attached hydrogen (secondary N) is 2. The highest BCUT2D eigenvalue weighted by Crippen LogP contribution is 2.28. The number of phenolic OH excluding ortho intramolecular Hbond substituents is 1. The highest BCUT2D eigenvalue weighted by atomic mass is 16.3. The zero-order chi connectivity index (χ0) is 11.4. The zero-order valence-corrected chi connectivity index (χ0v) is 8.74. The maximum Gasteiger partial charge on any atom is 0.319 e. The van der Waals surface area contributed by atoms with Crippen LogP contribution in [0.3, 0.4) is 0 Å². The summed E-state index contributed by atoms with van der Waals surface area (Å²) < 4.78 is 0. The lowest BCUT2D eigenvalue weighted by atomic mass is 10.2. The van der Waals surface area contributed by atoms with Crippen LogP contribution in [0.2, 0.25) is 0 Å². The van der Waals surface area contributed by atoms with Crippen molar-refractivity contribution in [3.05, 3.63) is 18.2 Å². The minimum absolute atomic E-state index is 0.0251. The van der Waals surface area contributed by atoms with Gasteiger partial charge in [-0.1, -0.05) is 6.07 Å². The molecule has 5 heteroatoms. The van der Waals surface area contributed by atoms with Gasteiger partial charge in [0.2, 0.25) is 0 Å². The number of phenols is 1. The van der Waals surface area contributed by atoms with Crippen molar-refractivity contribution < 1.29 is 9.90 Å². The van der Waals surface area contributed by atoms with Gasteiger partial charge in [0, 0.05) is 6.04 Å². The van der Waals surface area contributed by atoms with Gasteiger partial charge in [0.15, 0.2) is 0 Å². The Morgan fingerprint density at radius 2 is 2.13 bits per heavy atom. The van der Waals surface area contributed by atoms with Crippen molar-refractivity contribution in [2.75, 3.05) is 11.1 Å². The summed E-state index contributed by atoms with van der Waals surface area (Å²) in [7, 11) is 0. The van der Waals surface area contributed by atoms with Crippen LogP contribution in [-0.4, -0.2) is 17.2 Å². The molecule has 0 fully saturated rings. The summed E-state index contributed by atoms with van der Waals surface area (Å²) in [5.41, 5.74) is 6.16. The third kappa shape index (κ3) is 3.05. The van der Waals surface area contributed by atoms with Crippen molar-refractivity contribution in [1.29, 1.82) is 0 Å². The lowest BCUT2D eigenvalue weighted by Gasteiger charge is -2.12. The summed E-state index contributed by atoms with van der Waals surface area (Å²) >= 11 is 0. The average molecular weight is 209 g/mol. The van der Waals surface area contributed by atoms with Gasteiger partial charge in [0.25, 0.3) is 0 Å². The fourth-order valence-corrected chi connectivity index (χ4v) is 1.11. The Morgan fingerprint density at radius 3 is 2.67 bits per heavy atom. The van der Waals surface area contributed by atoms with Gasteiger partial charge in [-0.05, 0) is 26.0 Å². The van der Waals surface area contributed by atoms with Crippen LogP contribution in [0.25, 0.3) is 0 Å². The Balaban J connectivity index is 2.76. The van der Waals surface area contributed by atoms with E-state index in [1.807, 2.05) is 13.8 Å². The average Bonchev–Trinajstić information content (AvgIpc) is 2.10. The van der Waals surface area contributed by atoms with E-state index in [0.29, 0.717) is 5.69 Å². The molecular formula is C10H15N3O2. The largest absolute Gasteiger partial charge is 0.506 e. The molecule has 0 atom stereocenters. The van der Waals surface area contributed by atoms with Crippen LogP contribution in [0.1, 0.15) is 13.8 Å². The number of urea groups is 1. The molecule has 0 aliphatic rings. The topological polar surface area (TPSA) is 87.4 Å². The van der Waals surface area contributed by atoms with Crippen LogP contribution >= 0.6 is 0 Å². The first-order chi connectivity index (χ1) is 7.00. The molecule has 1 aromatic carbocycles. The van der Waals surface area contributed by atoms with E-state index >= 15 is 0 Å². The van der Waals surface area contributed by atoms with Crippen molar-refractivity contribution in [3.63, 3.8) is 0 Å².